The third-order valence-electron chi connectivity index (χ3n) is 2.96. The lowest BCUT2D eigenvalue weighted by atomic mass is 9.92. The van der Waals surface area contributed by atoms with Gasteiger partial charge in [0.1, 0.15) is 0 Å². The molecule has 4 heteroatoms. The van der Waals surface area contributed by atoms with Gasteiger partial charge in [0.2, 0.25) is 0 Å². The number of hydrogen-bond donors (Lipinski definition) is 1. The van der Waals surface area contributed by atoms with Crippen molar-refractivity contribution >= 4 is 34.2 Å². The van der Waals surface area contributed by atoms with Gasteiger partial charge >= 0.3 is 0 Å². The molecule has 0 radical (unpaired) electrons. The van der Waals surface area contributed by atoms with Gasteiger partial charge in [-0.2, -0.15) is 0 Å². The van der Waals surface area contributed by atoms with Crippen LogP contribution in [0.2, 0.25) is 5.02 Å². The molecule has 0 aliphatic heterocycles. The zero-order valence-corrected chi connectivity index (χ0v) is 13.4. The Morgan fingerprint density at radius 3 is 2.71 bits per heavy atom. The minimum Gasteiger partial charge on any atom is -0.385 e. The Morgan fingerprint density at radius 2 is 2.18 bits per heavy atom. The van der Waals surface area contributed by atoms with Crippen molar-refractivity contribution < 1.29 is 4.74 Å². The number of nitrogens with one attached hydrogen (secondary N) is 1. The quantitative estimate of drug-likeness (QED) is 0.771. The van der Waals surface area contributed by atoms with Crippen LogP contribution in [0.25, 0.3) is 0 Å². The smallest absolute Gasteiger partial charge is 0.0542 e. The molecule has 0 fully saturated rings. The van der Waals surface area contributed by atoms with Crippen molar-refractivity contribution in [1.82, 2.24) is 5.32 Å². The normalized spacial score (nSPS) is 14.6. The molecule has 0 heterocycles. The summed E-state index contributed by atoms with van der Waals surface area (Å²) in [6.45, 7) is 3.02. The molecule has 1 aromatic carbocycles. The largest absolute Gasteiger partial charge is 0.385 e. The lowest BCUT2D eigenvalue weighted by molar-refractivity contribution is 0.171. The van der Waals surface area contributed by atoms with Gasteiger partial charge in [0.05, 0.1) is 5.02 Å². The molecule has 0 aliphatic carbocycles. The lowest BCUT2D eigenvalue weighted by Crippen LogP contribution is -2.24. The van der Waals surface area contributed by atoms with Crippen molar-refractivity contribution in [2.24, 2.45) is 5.92 Å². The van der Waals surface area contributed by atoms with E-state index in [-0.39, 0.29) is 0 Å². The second-order valence-electron chi connectivity index (χ2n) is 4.20. The lowest BCUT2D eigenvalue weighted by Gasteiger charge is -2.24. The van der Waals surface area contributed by atoms with Crippen molar-refractivity contribution in [2.45, 2.75) is 19.4 Å². The summed E-state index contributed by atoms with van der Waals surface area (Å²) in [6.07, 6.45) is 1.03. The first-order chi connectivity index (χ1) is 8.10. The van der Waals surface area contributed by atoms with Crippen LogP contribution >= 0.6 is 34.2 Å². The number of ether oxygens (including phenoxy) is 1. The number of benzene rings is 1. The molecule has 2 nitrogen and oxygen atoms in total. The molecule has 0 bridgehead atoms. The predicted octanol–water partition coefficient (Wildman–Crippen LogP) is 3.88. The van der Waals surface area contributed by atoms with Gasteiger partial charge in [-0.3, -0.25) is 0 Å². The van der Waals surface area contributed by atoms with E-state index in [1.54, 1.807) is 7.11 Å². The number of methoxy groups -OCH3 is 1. The average Bonchev–Trinajstić information content (AvgIpc) is 2.32. The van der Waals surface area contributed by atoms with Gasteiger partial charge in [-0.25, -0.2) is 0 Å². The highest BCUT2D eigenvalue weighted by Crippen LogP contribution is 2.28. The summed E-state index contributed by atoms with van der Waals surface area (Å²) in [4.78, 5) is 0. The Balaban J connectivity index is 2.81. The van der Waals surface area contributed by atoms with Gasteiger partial charge in [-0.1, -0.05) is 24.6 Å². The first-order valence-corrected chi connectivity index (χ1v) is 7.17. The molecule has 0 spiro atoms. The van der Waals surface area contributed by atoms with E-state index in [1.807, 2.05) is 13.1 Å². The number of rotatable bonds is 6. The van der Waals surface area contributed by atoms with Crippen molar-refractivity contribution in [3.8, 4) is 0 Å². The molecule has 17 heavy (non-hydrogen) atoms. The Kier molecular flexibility index (Phi) is 6.77. The van der Waals surface area contributed by atoms with E-state index in [4.69, 9.17) is 16.3 Å². The van der Waals surface area contributed by atoms with Crippen LogP contribution in [0, 0.1) is 9.49 Å². The summed E-state index contributed by atoms with van der Waals surface area (Å²) >= 11 is 8.41. The standard InChI is InChI=1S/C13H19ClINO/c1-9(6-7-17-3)13(16-2)10-4-5-12(15)11(14)8-10/h4-5,8-9,13,16H,6-7H2,1-3H3. The van der Waals surface area contributed by atoms with E-state index in [0.717, 1.165) is 21.6 Å². The van der Waals surface area contributed by atoms with E-state index in [0.29, 0.717) is 12.0 Å². The van der Waals surface area contributed by atoms with Gasteiger partial charge in [0.15, 0.2) is 0 Å². The van der Waals surface area contributed by atoms with Crippen LogP contribution in [-0.4, -0.2) is 20.8 Å². The molecule has 1 N–H and O–H groups in total. The Morgan fingerprint density at radius 1 is 1.47 bits per heavy atom. The first kappa shape index (κ1) is 15.2. The molecule has 2 unspecified atom stereocenters. The van der Waals surface area contributed by atoms with Gasteiger partial charge in [-0.15, -0.1) is 0 Å². The van der Waals surface area contributed by atoms with Crippen LogP contribution in [0.1, 0.15) is 24.9 Å². The zero-order chi connectivity index (χ0) is 12.8. The second-order valence-corrected chi connectivity index (χ2v) is 5.77. The molecule has 1 aromatic rings. The molecular weight excluding hydrogens is 349 g/mol. The van der Waals surface area contributed by atoms with E-state index in [9.17, 15) is 0 Å². The molecule has 0 aliphatic rings. The molecule has 0 aromatic heterocycles. The zero-order valence-electron chi connectivity index (χ0n) is 10.5. The maximum absolute atomic E-state index is 6.16. The van der Waals surface area contributed by atoms with Crippen molar-refractivity contribution in [3.63, 3.8) is 0 Å². The van der Waals surface area contributed by atoms with Crippen molar-refractivity contribution in [2.75, 3.05) is 20.8 Å². The van der Waals surface area contributed by atoms with Crippen LogP contribution in [-0.2, 0) is 4.74 Å². The van der Waals surface area contributed by atoms with Crippen LogP contribution in [0.15, 0.2) is 18.2 Å². The van der Waals surface area contributed by atoms with Crippen LogP contribution < -0.4 is 5.32 Å². The Labute approximate surface area is 122 Å². The average molecular weight is 368 g/mol. The summed E-state index contributed by atoms with van der Waals surface area (Å²) < 4.78 is 6.22. The highest BCUT2D eigenvalue weighted by molar-refractivity contribution is 14.1. The van der Waals surface area contributed by atoms with E-state index in [1.165, 1.54) is 5.56 Å². The van der Waals surface area contributed by atoms with Gasteiger partial charge < -0.3 is 10.1 Å². The topological polar surface area (TPSA) is 21.3 Å². The maximum atomic E-state index is 6.16. The van der Waals surface area contributed by atoms with Crippen molar-refractivity contribution in [3.05, 3.63) is 32.4 Å². The van der Waals surface area contributed by atoms with Crippen LogP contribution in [0.5, 0.6) is 0 Å². The van der Waals surface area contributed by atoms with Crippen LogP contribution in [0.3, 0.4) is 0 Å². The van der Waals surface area contributed by atoms with Gasteiger partial charge in [0, 0.05) is 23.3 Å². The fraction of sp³-hybridized carbons (Fsp3) is 0.538. The second kappa shape index (κ2) is 7.56. The SMILES string of the molecule is CNC(c1ccc(I)c(Cl)c1)C(C)CCOC. The molecule has 0 amide bonds. The highest BCUT2D eigenvalue weighted by atomic mass is 127. The van der Waals surface area contributed by atoms with E-state index < -0.39 is 0 Å². The third-order valence-corrected chi connectivity index (χ3v) is 4.53. The molecule has 1 rings (SSSR count). The summed E-state index contributed by atoms with van der Waals surface area (Å²) in [6, 6.07) is 6.57. The fourth-order valence-electron chi connectivity index (χ4n) is 1.96. The van der Waals surface area contributed by atoms with E-state index in [2.05, 4.69) is 47.0 Å². The molecule has 0 saturated carbocycles. The minimum absolute atomic E-state index is 0.319. The molecular formula is C13H19ClINO. The summed E-state index contributed by atoms with van der Waals surface area (Å²) in [5.74, 6) is 0.510. The third kappa shape index (κ3) is 4.39. The van der Waals surface area contributed by atoms with E-state index >= 15 is 0 Å². The van der Waals surface area contributed by atoms with Gasteiger partial charge in [-0.05, 0) is 59.7 Å². The Hall–Kier alpha value is 0.160. The Bertz CT molecular complexity index is 359. The summed E-state index contributed by atoms with van der Waals surface area (Å²) in [5.41, 5.74) is 1.24. The number of hydrogen-bond acceptors (Lipinski definition) is 2. The predicted molar refractivity (Wildman–Crippen MR) is 81.6 cm³/mol. The van der Waals surface area contributed by atoms with Crippen LogP contribution in [0.4, 0.5) is 0 Å². The summed E-state index contributed by atoms with van der Waals surface area (Å²) in [5, 5.41) is 4.18. The first-order valence-electron chi connectivity index (χ1n) is 5.71. The highest BCUT2D eigenvalue weighted by Gasteiger charge is 2.17. The fourth-order valence-corrected chi connectivity index (χ4v) is 2.48. The minimum atomic E-state index is 0.319. The maximum Gasteiger partial charge on any atom is 0.0542 e. The van der Waals surface area contributed by atoms with Gasteiger partial charge in [0.25, 0.3) is 0 Å². The monoisotopic (exact) mass is 367 g/mol. The van der Waals surface area contributed by atoms with Crippen molar-refractivity contribution in [1.29, 1.82) is 0 Å². The molecule has 0 saturated heterocycles. The molecule has 2 atom stereocenters. The number of halogens is 2. The molecule has 96 valence electrons. The summed E-state index contributed by atoms with van der Waals surface area (Å²) in [7, 11) is 3.72.